The van der Waals surface area contributed by atoms with Gasteiger partial charge in [-0.15, -0.1) is 0 Å². The van der Waals surface area contributed by atoms with Gasteiger partial charge in [-0.3, -0.25) is 9.10 Å². The van der Waals surface area contributed by atoms with Gasteiger partial charge in [-0.2, -0.15) is 0 Å². The number of ether oxygens (including phenoxy) is 3. The first-order valence-electron chi connectivity index (χ1n) is 9.32. The number of sulfonamides is 1. The Bertz CT molecular complexity index is 1050. The maximum atomic E-state index is 13.6. The summed E-state index contributed by atoms with van der Waals surface area (Å²) in [6.45, 7) is 4.93. The van der Waals surface area contributed by atoms with Crippen LogP contribution in [0.15, 0.2) is 41.3 Å². The van der Waals surface area contributed by atoms with Crippen LogP contribution in [-0.2, 0) is 14.8 Å². The average Bonchev–Trinajstić information content (AvgIpc) is 2.69. The SMILES string of the molecule is COc1ccc(S(=O)(=O)N(CC(=O)NC(C)(C)C)c2cc(Cl)ccc2OC)cc1OC. The van der Waals surface area contributed by atoms with Crippen LogP contribution in [0.5, 0.6) is 17.2 Å². The zero-order chi connectivity index (χ0) is 23.4. The lowest BCUT2D eigenvalue weighted by atomic mass is 10.1. The summed E-state index contributed by atoms with van der Waals surface area (Å²) >= 11 is 6.13. The van der Waals surface area contributed by atoms with E-state index in [1.54, 1.807) is 26.8 Å². The molecular formula is C21H27ClN2O6S. The lowest BCUT2D eigenvalue weighted by molar-refractivity contribution is -0.121. The number of nitrogens with one attached hydrogen (secondary N) is 1. The van der Waals surface area contributed by atoms with E-state index in [2.05, 4.69) is 5.32 Å². The number of rotatable bonds is 8. The van der Waals surface area contributed by atoms with Gasteiger partial charge in [-0.1, -0.05) is 11.6 Å². The summed E-state index contributed by atoms with van der Waals surface area (Å²) in [5.74, 6) is 0.370. The fourth-order valence-electron chi connectivity index (χ4n) is 2.85. The minimum atomic E-state index is -4.21. The zero-order valence-corrected chi connectivity index (χ0v) is 19.9. The van der Waals surface area contributed by atoms with Gasteiger partial charge in [0.1, 0.15) is 12.3 Å². The molecule has 0 aliphatic rings. The van der Waals surface area contributed by atoms with Crippen molar-refractivity contribution in [2.75, 3.05) is 32.2 Å². The van der Waals surface area contributed by atoms with Crippen LogP contribution in [0.3, 0.4) is 0 Å². The number of carbonyl (C=O) groups is 1. The molecule has 0 unspecified atom stereocenters. The third kappa shape index (κ3) is 5.95. The summed E-state index contributed by atoms with van der Waals surface area (Å²) in [7, 11) is 0.0485. The summed E-state index contributed by atoms with van der Waals surface area (Å²) < 4.78 is 44.0. The predicted octanol–water partition coefficient (Wildman–Crippen LogP) is 3.48. The fraction of sp³-hybridized carbons (Fsp3) is 0.381. The maximum Gasteiger partial charge on any atom is 0.265 e. The van der Waals surface area contributed by atoms with E-state index in [0.717, 1.165) is 4.31 Å². The second kappa shape index (κ2) is 9.65. The van der Waals surface area contributed by atoms with E-state index < -0.39 is 28.0 Å². The summed E-state index contributed by atoms with van der Waals surface area (Å²) in [6.07, 6.45) is 0. The van der Waals surface area contributed by atoms with E-state index in [1.165, 1.54) is 51.7 Å². The fourth-order valence-corrected chi connectivity index (χ4v) is 4.46. The standard InChI is InChI=1S/C21H27ClN2O6S/c1-21(2,3)23-20(25)13-24(16-11-14(22)7-9-17(16)28-4)31(26,27)15-8-10-18(29-5)19(12-15)30-6/h7-12H,13H2,1-6H3,(H,23,25). The third-order valence-corrected chi connectivity index (χ3v) is 6.15. The lowest BCUT2D eigenvalue weighted by Gasteiger charge is -2.28. The number of benzene rings is 2. The first-order valence-corrected chi connectivity index (χ1v) is 11.1. The van der Waals surface area contributed by atoms with Crippen LogP contribution in [0, 0.1) is 0 Å². The number of methoxy groups -OCH3 is 3. The van der Waals surface area contributed by atoms with Gasteiger partial charge in [-0.05, 0) is 51.1 Å². The van der Waals surface area contributed by atoms with Gasteiger partial charge in [0.2, 0.25) is 5.91 Å². The predicted molar refractivity (Wildman–Crippen MR) is 120 cm³/mol. The number of anilines is 1. The highest BCUT2D eigenvalue weighted by Gasteiger charge is 2.31. The number of hydrogen-bond donors (Lipinski definition) is 1. The van der Waals surface area contributed by atoms with E-state index in [9.17, 15) is 13.2 Å². The molecule has 0 fully saturated rings. The molecule has 0 radical (unpaired) electrons. The Morgan fingerprint density at radius 2 is 1.55 bits per heavy atom. The molecule has 0 spiro atoms. The van der Waals surface area contributed by atoms with Gasteiger partial charge in [0.05, 0.1) is 31.9 Å². The molecule has 0 heterocycles. The van der Waals surface area contributed by atoms with Crippen molar-refractivity contribution in [1.82, 2.24) is 5.32 Å². The van der Waals surface area contributed by atoms with Crippen LogP contribution < -0.4 is 23.8 Å². The van der Waals surface area contributed by atoms with Crippen LogP contribution in [0.1, 0.15) is 20.8 Å². The lowest BCUT2D eigenvalue weighted by Crippen LogP contribution is -2.47. The van der Waals surface area contributed by atoms with E-state index >= 15 is 0 Å². The normalized spacial score (nSPS) is 11.6. The second-order valence-corrected chi connectivity index (χ2v) is 9.94. The molecule has 2 aromatic rings. The quantitative estimate of drug-likeness (QED) is 0.634. The van der Waals surface area contributed by atoms with E-state index in [0.29, 0.717) is 10.8 Å². The highest BCUT2D eigenvalue weighted by molar-refractivity contribution is 7.92. The summed E-state index contributed by atoms with van der Waals surface area (Å²) in [5.41, 5.74) is -0.414. The number of halogens is 1. The molecule has 0 aromatic heterocycles. The van der Waals surface area contributed by atoms with Crippen molar-refractivity contribution in [3.8, 4) is 17.2 Å². The van der Waals surface area contributed by atoms with Gasteiger partial charge >= 0.3 is 0 Å². The van der Waals surface area contributed by atoms with Crippen LogP contribution in [0.4, 0.5) is 5.69 Å². The van der Waals surface area contributed by atoms with E-state index in [4.69, 9.17) is 25.8 Å². The van der Waals surface area contributed by atoms with Crippen molar-refractivity contribution < 1.29 is 27.4 Å². The van der Waals surface area contributed by atoms with Crippen LogP contribution in [-0.4, -0.2) is 47.7 Å². The molecule has 0 aliphatic heterocycles. The van der Waals surface area contributed by atoms with Gasteiger partial charge < -0.3 is 19.5 Å². The van der Waals surface area contributed by atoms with E-state index in [-0.39, 0.29) is 22.1 Å². The molecule has 0 bridgehead atoms. The third-order valence-electron chi connectivity index (χ3n) is 4.15. The Hall–Kier alpha value is -2.65. The Balaban J connectivity index is 2.64. The average molecular weight is 471 g/mol. The molecule has 2 rings (SSSR count). The van der Waals surface area contributed by atoms with Crippen molar-refractivity contribution in [3.05, 3.63) is 41.4 Å². The molecule has 31 heavy (non-hydrogen) atoms. The van der Waals surface area contributed by atoms with Gasteiger partial charge in [0.15, 0.2) is 11.5 Å². The highest BCUT2D eigenvalue weighted by Crippen LogP contribution is 2.37. The minimum Gasteiger partial charge on any atom is -0.495 e. The van der Waals surface area contributed by atoms with Crippen molar-refractivity contribution in [3.63, 3.8) is 0 Å². The highest BCUT2D eigenvalue weighted by atomic mass is 35.5. The number of hydrogen-bond acceptors (Lipinski definition) is 6. The molecule has 0 saturated heterocycles. The van der Waals surface area contributed by atoms with Crippen LogP contribution in [0.25, 0.3) is 0 Å². The molecule has 0 atom stereocenters. The molecule has 0 aliphatic carbocycles. The van der Waals surface area contributed by atoms with Gasteiger partial charge in [0, 0.05) is 16.6 Å². The molecule has 10 heteroatoms. The van der Waals surface area contributed by atoms with Crippen LogP contribution in [0.2, 0.25) is 5.02 Å². The number of nitrogens with zero attached hydrogens (tertiary/aromatic N) is 1. The topological polar surface area (TPSA) is 94.2 Å². The molecule has 1 N–H and O–H groups in total. The molecule has 1 amide bonds. The Labute approximate surface area is 188 Å². The van der Waals surface area contributed by atoms with Crippen molar-refractivity contribution in [2.45, 2.75) is 31.2 Å². The van der Waals surface area contributed by atoms with Crippen molar-refractivity contribution in [2.24, 2.45) is 0 Å². The summed E-state index contributed by atoms with van der Waals surface area (Å²) in [4.78, 5) is 12.6. The first-order chi connectivity index (χ1) is 14.4. The Kier molecular flexibility index (Phi) is 7.67. The number of amides is 1. The molecule has 0 saturated carbocycles. The molecular weight excluding hydrogens is 444 g/mol. The summed E-state index contributed by atoms with van der Waals surface area (Å²) in [6, 6.07) is 8.73. The monoisotopic (exact) mass is 470 g/mol. The van der Waals surface area contributed by atoms with E-state index in [1.807, 2.05) is 0 Å². The molecule has 8 nitrogen and oxygen atoms in total. The van der Waals surface area contributed by atoms with Crippen molar-refractivity contribution >= 4 is 33.2 Å². The largest absolute Gasteiger partial charge is 0.495 e. The molecule has 2 aromatic carbocycles. The minimum absolute atomic E-state index is 0.0873. The van der Waals surface area contributed by atoms with Gasteiger partial charge in [-0.25, -0.2) is 8.42 Å². The Morgan fingerprint density at radius 1 is 0.968 bits per heavy atom. The summed E-state index contributed by atoms with van der Waals surface area (Å²) in [5, 5.41) is 3.06. The Morgan fingerprint density at radius 3 is 2.10 bits per heavy atom. The van der Waals surface area contributed by atoms with Gasteiger partial charge in [0.25, 0.3) is 10.0 Å². The first kappa shape index (κ1) is 24.6. The maximum absolute atomic E-state index is 13.6. The van der Waals surface area contributed by atoms with Crippen molar-refractivity contribution in [1.29, 1.82) is 0 Å². The molecule has 170 valence electrons. The number of carbonyl (C=O) groups excluding carboxylic acids is 1. The smallest absolute Gasteiger partial charge is 0.265 e. The van der Waals surface area contributed by atoms with Crippen LogP contribution >= 0.6 is 11.6 Å². The zero-order valence-electron chi connectivity index (χ0n) is 18.4. The second-order valence-electron chi connectivity index (χ2n) is 7.64.